The van der Waals surface area contributed by atoms with Crippen LogP contribution in [0.1, 0.15) is 26.7 Å². The van der Waals surface area contributed by atoms with Crippen molar-refractivity contribution in [3.8, 4) is 0 Å². The van der Waals surface area contributed by atoms with E-state index in [1.807, 2.05) is 19.9 Å². The van der Waals surface area contributed by atoms with Crippen molar-refractivity contribution in [1.29, 1.82) is 0 Å². The summed E-state index contributed by atoms with van der Waals surface area (Å²) in [6.07, 6.45) is 3.44. The highest BCUT2D eigenvalue weighted by atomic mass is 16.4. The molecule has 0 heterocycles. The highest BCUT2D eigenvalue weighted by Gasteiger charge is 2.21. The quantitative estimate of drug-likeness (QED) is 0.599. The van der Waals surface area contributed by atoms with Gasteiger partial charge in [-0.3, -0.25) is 14.5 Å². The maximum Gasteiger partial charge on any atom is 0.317 e. The zero-order valence-electron chi connectivity index (χ0n) is 10.5. The van der Waals surface area contributed by atoms with Gasteiger partial charge in [0, 0.05) is 6.54 Å². The maximum atomic E-state index is 10.6. The van der Waals surface area contributed by atoms with Gasteiger partial charge in [-0.1, -0.05) is 19.9 Å². The molecule has 0 aliphatic rings. The molecule has 0 rings (SSSR count). The molecule has 0 aliphatic heterocycles. The number of hydrogen-bond acceptors (Lipinski definition) is 3. The van der Waals surface area contributed by atoms with Gasteiger partial charge in [-0.15, -0.1) is 6.58 Å². The van der Waals surface area contributed by atoms with Crippen molar-refractivity contribution >= 4 is 11.9 Å². The van der Waals surface area contributed by atoms with Gasteiger partial charge in [-0.2, -0.15) is 0 Å². The largest absolute Gasteiger partial charge is 0.480 e. The Labute approximate surface area is 102 Å². The van der Waals surface area contributed by atoms with Crippen LogP contribution in [0.2, 0.25) is 0 Å². The molecule has 0 saturated carbocycles. The minimum Gasteiger partial charge on any atom is -0.480 e. The first-order valence-electron chi connectivity index (χ1n) is 5.62. The molecule has 2 N–H and O–H groups in total. The van der Waals surface area contributed by atoms with Gasteiger partial charge in [-0.25, -0.2) is 0 Å². The molecule has 0 radical (unpaired) electrons. The van der Waals surface area contributed by atoms with Crippen LogP contribution >= 0.6 is 0 Å². The number of nitrogens with zero attached hydrogens (tertiary/aromatic N) is 1. The predicted molar refractivity (Wildman–Crippen MR) is 64.9 cm³/mol. The SMILES string of the molecule is C=CC(C)(CC)CCN(CC(=O)O)CC(=O)O. The van der Waals surface area contributed by atoms with Crippen LogP contribution < -0.4 is 0 Å². The maximum absolute atomic E-state index is 10.6. The summed E-state index contributed by atoms with van der Waals surface area (Å²) in [7, 11) is 0. The van der Waals surface area contributed by atoms with E-state index in [0.29, 0.717) is 13.0 Å². The van der Waals surface area contributed by atoms with Gasteiger partial charge in [0.2, 0.25) is 0 Å². The summed E-state index contributed by atoms with van der Waals surface area (Å²) < 4.78 is 0. The van der Waals surface area contributed by atoms with E-state index in [1.165, 1.54) is 4.90 Å². The molecule has 0 aromatic heterocycles. The van der Waals surface area contributed by atoms with Crippen LogP contribution in [-0.4, -0.2) is 46.7 Å². The smallest absolute Gasteiger partial charge is 0.317 e. The summed E-state index contributed by atoms with van der Waals surface area (Å²) in [5.41, 5.74) is -0.0742. The Hall–Kier alpha value is -1.36. The first-order chi connectivity index (χ1) is 7.83. The average molecular weight is 243 g/mol. The molecule has 98 valence electrons. The van der Waals surface area contributed by atoms with E-state index < -0.39 is 11.9 Å². The van der Waals surface area contributed by atoms with Crippen molar-refractivity contribution in [3.63, 3.8) is 0 Å². The molecule has 0 fully saturated rings. The molecule has 1 unspecified atom stereocenters. The third-order valence-electron chi connectivity index (χ3n) is 3.02. The van der Waals surface area contributed by atoms with E-state index in [9.17, 15) is 9.59 Å². The summed E-state index contributed by atoms with van der Waals surface area (Å²) in [6.45, 7) is 7.75. The lowest BCUT2D eigenvalue weighted by atomic mass is 9.84. The minimum absolute atomic E-state index is 0.0742. The first kappa shape index (κ1) is 15.6. The Morgan fingerprint density at radius 2 is 1.76 bits per heavy atom. The lowest BCUT2D eigenvalue weighted by Gasteiger charge is -2.27. The van der Waals surface area contributed by atoms with Crippen LogP contribution in [-0.2, 0) is 9.59 Å². The Bertz CT molecular complexity index is 274. The predicted octanol–water partition coefficient (Wildman–Crippen LogP) is 1.45. The van der Waals surface area contributed by atoms with Gasteiger partial charge in [0.05, 0.1) is 13.1 Å². The summed E-state index contributed by atoms with van der Waals surface area (Å²) in [4.78, 5) is 22.6. The van der Waals surface area contributed by atoms with Crippen molar-refractivity contribution in [2.75, 3.05) is 19.6 Å². The Kier molecular flexibility index (Phi) is 6.50. The zero-order chi connectivity index (χ0) is 13.5. The second kappa shape index (κ2) is 7.06. The van der Waals surface area contributed by atoms with E-state index in [2.05, 4.69) is 6.58 Å². The van der Waals surface area contributed by atoms with Crippen molar-refractivity contribution in [3.05, 3.63) is 12.7 Å². The molecule has 5 heteroatoms. The fourth-order valence-corrected chi connectivity index (χ4v) is 1.43. The summed E-state index contributed by atoms with van der Waals surface area (Å²) in [5.74, 6) is -2.02. The Morgan fingerprint density at radius 3 is 2.06 bits per heavy atom. The van der Waals surface area contributed by atoms with Crippen LogP contribution in [0.15, 0.2) is 12.7 Å². The Morgan fingerprint density at radius 1 is 1.29 bits per heavy atom. The number of allylic oxidation sites excluding steroid dienone is 1. The fraction of sp³-hybridized carbons (Fsp3) is 0.667. The van der Waals surface area contributed by atoms with Crippen molar-refractivity contribution in [2.45, 2.75) is 26.7 Å². The van der Waals surface area contributed by atoms with Gasteiger partial charge in [-0.05, 0) is 18.3 Å². The van der Waals surface area contributed by atoms with Crippen molar-refractivity contribution in [2.24, 2.45) is 5.41 Å². The number of carboxylic acid groups (broad SMARTS) is 2. The lowest BCUT2D eigenvalue weighted by Crippen LogP contribution is -2.36. The van der Waals surface area contributed by atoms with Crippen LogP contribution in [0.4, 0.5) is 0 Å². The van der Waals surface area contributed by atoms with Crippen LogP contribution in [0, 0.1) is 5.41 Å². The zero-order valence-corrected chi connectivity index (χ0v) is 10.5. The van der Waals surface area contributed by atoms with Crippen LogP contribution in [0.25, 0.3) is 0 Å². The van der Waals surface area contributed by atoms with Crippen molar-refractivity contribution in [1.82, 2.24) is 4.90 Å². The van der Waals surface area contributed by atoms with Crippen LogP contribution in [0.5, 0.6) is 0 Å². The molecule has 0 amide bonds. The highest BCUT2D eigenvalue weighted by molar-refractivity contribution is 5.72. The van der Waals surface area contributed by atoms with E-state index >= 15 is 0 Å². The molecule has 5 nitrogen and oxygen atoms in total. The third kappa shape index (κ3) is 6.73. The molecular formula is C12H21NO4. The third-order valence-corrected chi connectivity index (χ3v) is 3.02. The van der Waals surface area contributed by atoms with Gasteiger partial charge < -0.3 is 10.2 Å². The molecule has 0 spiro atoms. The minimum atomic E-state index is -1.01. The lowest BCUT2D eigenvalue weighted by molar-refractivity contribution is -0.141. The van der Waals surface area contributed by atoms with Gasteiger partial charge in [0.25, 0.3) is 0 Å². The molecular weight excluding hydrogens is 222 g/mol. The normalized spacial score (nSPS) is 14.3. The molecule has 0 aromatic rings. The molecule has 1 atom stereocenters. The van der Waals surface area contributed by atoms with E-state index in [-0.39, 0.29) is 18.5 Å². The van der Waals surface area contributed by atoms with Crippen LogP contribution in [0.3, 0.4) is 0 Å². The molecule has 0 saturated heterocycles. The Balaban J connectivity index is 4.37. The number of carboxylic acids is 2. The number of aliphatic carboxylic acids is 2. The standard InChI is InChI=1S/C12H21NO4/c1-4-12(3,5-2)6-7-13(8-10(14)15)9-11(16)17/h4H,1,5-9H2,2-3H3,(H,14,15)(H,16,17). The number of rotatable bonds is 9. The number of hydrogen-bond donors (Lipinski definition) is 2. The summed E-state index contributed by atoms with van der Waals surface area (Å²) in [5, 5.41) is 17.4. The van der Waals surface area contributed by atoms with Gasteiger partial charge in [0.1, 0.15) is 0 Å². The van der Waals surface area contributed by atoms with E-state index in [1.54, 1.807) is 0 Å². The molecule has 0 aromatic carbocycles. The second-order valence-electron chi connectivity index (χ2n) is 4.46. The monoisotopic (exact) mass is 243 g/mol. The summed E-state index contributed by atoms with van der Waals surface area (Å²) in [6, 6.07) is 0. The topological polar surface area (TPSA) is 77.8 Å². The van der Waals surface area contributed by atoms with E-state index in [4.69, 9.17) is 10.2 Å². The van der Waals surface area contributed by atoms with E-state index in [0.717, 1.165) is 6.42 Å². The fourth-order valence-electron chi connectivity index (χ4n) is 1.43. The van der Waals surface area contributed by atoms with Crippen molar-refractivity contribution < 1.29 is 19.8 Å². The molecule has 0 aliphatic carbocycles. The first-order valence-corrected chi connectivity index (χ1v) is 5.62. The molecule has 0 bridgehead atoms. The average Bonchev–Trinajstić information content (AvgIpc) is 2.24. The van der Waals surface area contributed by atoms with Gasteiger partial charge in [0.15, 0.2) is 0 Å². The molecule has 17 heavy (non-hydrogen) atoms. The van der Waals surface area contributed by atoms with Gasteiger partial charge >= 0.3 is 11.9 Å². The number of carbonyl (C=O) groups is 2. The highest BCUT2D eigenvalue weighted by Crippen LogP contribution is 2.26. The second-order valence-corrected chi connectivity index (χ2v) is 4.46. The summed E-state index contributed by atoms with van der Waals surface area (Å²) >= 11 is 0.